The first kappa shape index (κ1) is 11.6. The second-order valence-corrected chi connectivity index (χ2v) is 7.86. The molecule has 0 saturated heterocycles. The third-order valence-corrected chi connectivity index (χ3v) is 2.54. The van der Waals surface area contributed by atoms with Gasteiger partial charge in [-0.3, -0.25) is 5.32 Å². The molecule has 0 atom stereocenters. The van der Waals surface area contributed by atoms with Crippen LogP contribution in [0.3, 0.4) is 0 Å². The Hall–Kier alpha value is -0.420. The van der Waals surface area contributed by atoms with Crippen molar-refractivity contribution >= 4 is 16.1 Å². The molecule has 0 bridgehead atoms. The summed E-state index contributed by atoms with van der Waals surface area (Å²) in [4.78, 5) is 10.6. The van der Waals surface area contributed by atoms with Gasteiger partial charge in [0.05, 0.1) is 0 Å². The molecule has 12 heavy (non-hydrogen) atoms. The molecule has 0 aromatic carbocycles. The van der Waals surface area contributed by atoms with Crippen molar-refractivity contribution < 1.29 is 14.6 Å². The molecular weight excluding hydrogens is 178 g/mol. The predicted molar refractivity (Wildman–Crippen MR) is 51.8 cm³/mol. The number of alkyl carbamates (subject to hydrolysis) is 1. The molecule has 0 fully saturated rings. The Morgan fingerprint density at radius 3 is 2.50 bits per heavy atom. The average Bonchev–Trinajstić information content (AvgIpc) is 1.84. The molecule has 0 aromatic heterocycles. The second kappa shape index (κ2) is 5.27. The lowest BCUT2D eigenvalue weighted by Gasteiger charge is -2.24. The average molecular weight is 195 g/mol. The molecule has 0 aliphatic rings. The Morgan fingerprint density at radius 2 is 2.08 bits per heavy atom. The monoisotopic (exact) mass is 195 g/mol. The maximum atomic E-state index is 10.6. The first-order valence-electron chi connectivity index (χ1n) is 3.63. The van der Waals surface area contributed by atoms with Gasteiger partial charge in [0.15, 0.2) is 0 Å². The number of aliphatic hydroxyl groups excluding tert-OH is 1. The van der Waals surface area contributed by atoms with E-state index in [0.717, 1.165) is 5.75 Å². The van der Waals surface area contributed by atoms with Gasteiger partial charge in [-0.2, -0.15) is 0 Å². The maximum Gasteiger partial charge on any atom is 0.408 e. The number of rotatable bonds is 4. The largest absolute Gasteiger partial charge is 0.449 e. The van der Waals surface area contributed by atoms with Crippen LogP contribution in [0.15, 0.2) is 0 Å². The molecule has 0 radical (unpaired) electrons. The molecule has 2 N–H and O–H groups in total. The first-order valence-corrected chi connectivity index (χ1v) is 6.66. The second-order valence-electron chi connectivity index (χ2n) is 3.27. The van der Waals surface area contributed by atoms with E-state index < -0.39 is 16.1 Å². The Morgan fingerprint density at radius 1 is 1.50 bits per heavy atom. The standard InChI is InChI=1S/C7H17NO3S/c1-12(2,3)5-4-11-7(10)8-6-9/h9H,4-6H2,1-3H3,(H,8,10). The number of amides is 1. The van der Waals surface area contributed by atoms with E-state index in [9.17, 15) is 4.79 Å². The van der Waals surface area contributed by atoms with Crippen molar-refractivity contribution in [2.24, 2.45) is 0 Å². The molecule has 0 aliphatic heterocycles. The van der Waals surface area contributed by atoms with Crippen LogP contribution >= 0.6 is 10.0 Å². The van der Waals surface area contributed by atoms with Crippen LogP contribution in [0.2, 0.25) is 0 Å². The minimum absolute atomic E-state index is 0.374. The molecule has 0 aliphatic carbocycles. The van der Waals surface area contributed by atoms with E-state index >= 15 is 0 Å². The summed E-state index contributed by atoms with van der Waals surface area (Å²) in [6.45, 7) is 0.0475. The molecule has 0 heterocycles. The predicted octanol–water partition coefficient (Wildman–Crippen LogP) is 0.356. The van der Waals surface area contributed by atoms with Gasteiger partial charge in [-0.05, 0) is 18.8 Å². The van der Waals surface area contributed by atoms with Crippen molar-refractivity contribution in [2.75, 3.05) is 37.9 Å². The Bertz CT molecular complexity index is 144. The van der Waals surface area contributed by atoms with Crippen LogP contribution in [0.4, 0.5) is 4.79 Å². The summed E-state index contributed by atoms with van der Waals surface area (Å²) >= 11 is 0. The summed E-state index contributed by atoms with van der Waals surface area (Å²) in [5.41, 5.74) is 0. The number of hydrogen-bond donors (Lipinski definition) is 2. The fourth-order valence-corrected chi connectivity index (χ4v) is 1.08. The quantitative estimate of drug-likeness (QED) is 0.637. The molecule has 0 aromatic rings. The topological polar surface area (TPSA) is 58.6 Å². The summed E-state index contributed by atoms with van der Waals surface area (Å²) in [6.07, 6.45) is 5.90. The molecule has 0 spiro atoms. The van der Waals surface area contributed by atoms with Gasteiger partial charge in [-0.1, -0.05) is 0 Å². The lowest BCUT2D eigenvalue weighted by Crippen LogP contribution is -2.26. The summed E-state index contributed by atoms with van der Waals surface area (Å²) in [5.74, 6) is 0.895. The van der Waals surface area contributed by atoms with E-state index in [1.54, 1.807) is 0 Å². The van der Waals surface area contributed by atoms with Gasteiger partial charge in [0.1, 0.15) is 13.3 Å². The third kappa shape index (κ3) is 7.68. The van der Waals surface area contributed by atoms with E-state index in [0.29, 0.717) is 6.61 Å². The molecule has 0 saturated carbocycles. The van der Waals surface area contributed by atoms with Gasteiger partial charge >= 0.3 is 6.09 Å². The van der Waals surface area contributed by atoms with E-state index in [1.807, 2.05) is 0 Å². The zero-order valence-electron chi connectivity index (χ0n) is 7.79. The van der Waals surface area contributed by atoms with E-state index in [4.69, 9.17) is 9.84 Å². The molecule has 0 rings (SSSR count). The number of nitrogens with one attached hydrogen (secondary N) is 1. The highest BCUT2D eigenvalue weighted by molar-refractivity contribution is 8.32. The third-order valence-electron chi connectivity index (χ3n) is 1.15. The maximum absolute atomic E-state index is 10.6. The van der Waals surface area contributed by atoms with Gasteiger partial charge in [0.25, 0.3) is 0 Å². The molecule has 0 unspecified atom stereocenters. The van der Waals surface area contributed by atoms with Crippen LogP contribution < -0.4 is 5.32 Å². The van der Waals surface area contributed by atoms with Crippen LogP contribution in [0.1, 0.15) is 0 Å². The summed E-state index contributed by atoms with van der Waals surface area (Å²) in [7, 11) is -0.602. The molecule has 5 heteroatoms. The van der Waals surface area contributed by atoms with Crippen LogP contribution in [-0.2, 0) is 4.74 Å². The first-order chi connectivity index (χ1) is 5.45. The van der Waals surface area contributed by atoms with E-state index in [2.05, 4.69) is 24.1 Å². The summed E-state index contributed by atoms with van der Waals surface area (Å²) in [5, 5.41) is 10.4. The van der Waals surface area contributed by atoms with Gasteiger partial charge in [0, 0.05) is 5.75 Å². The van der Waals surface area contributed by atoms with Gasteiger partial charge in [-0.25, -0.2) is 14.8 Å². The number of aliphatic hydroxyl groups is 1. The van der Waals surface area contributed by atoms with Crippen molar-refractivity contribution in [3.63, 3.8) is 0 Å². The minimum Gasteiger partial charge on any atom is -0.449 e. The van der Waals surface area contributed by atoms with Crippen molar-refractivity contribution in [3.05, 3.63) is 0 Å². The molecular formula is C7H17NO3S. The number of carbonyl (C=O) groups is 1. The highest BCUT2D eigenvalue weighted by Gasteiger charge is 2.05. The zero-order chi connectivity index (χ0) is 9.61. The van der Waals surface area contributed by atoms with Crippen LogP contribution in [0, 0.1) is 0 Å². The lowest BCUT2D eigenvalue weighted by molar-refractivity contribution is 0.139. The smallest absolute Gasteiger partial charge is 0.408 e. The van der Waals surface area contributed by atoms with Gasteiger partial charge < -0.3 is 9.84 Å². The van der Waals surface area contributed by atoms with Crippen molar-refractivity contribution in [1.29, 1.82) is 0 Å². The Balaban J connectivity index is 3.37. The van der Waals surface area contributed by atoms with Crippen LogP contribution in [0.5, 0.6) is 0 Å². The summed E-state index contributed by atoms with van der Waals surface area (Å²) in [6, 6.07) is 0. The van der Waals surface area contributed by atoms with Crippen LogP contribution in [0.25, 0.3) is 0 Å². The van der Waals surface area contributed by atoms with Crippen molar-refractivity contribution in [1.82, 2.24) is 5.32 Å². The number of hydrogen-bond acceptors (Lipinski definition) is 3. The Labute approximate surface area is 74.6 Å². The van der Waals surface area contributed by atoms with E-state index in [-0.39, 0.29) is 6.73 Å². The van der Waals surface area contributed by atoms with Crippen LogP contribution in [-0.4, -0.2) is 49.1 Å². The molecule has 74 valence electrons. The number of ether oxygens (including phenoxy) is 1. The Kier molecular flexibility index (Phi) is 5.08. The number of carbonyl (C=O) groups excluding carboxylic acids is 1. The SMILES string of the molecule is CS(C)(C)CCOC(=O)NCO. The molecule has 1 amide bonds. The fraction of sp³-hybridized carbons (Fsp3) is 0.857. The normalized spacial score (nSPS) is 12.3. The highest BCUT2D eigenvalue weighted by Crippen LogP contribution is 2.33. The minimum atomic E-state index is -0.602. The van der Waals surface area contributed by atoms with Crippen molar-refractivity contribution in [2.45, 2.75) is 0 Å². The fourth-order valence-electron chi connectivity index (χ4n) is 0.500. The highest BCUT2D eigenvalue weighted by atomic mass is 32.3. The molecule has 4 nitrogen and oxygen atoms in total. The van der Waals surface area contributed by atoms with Crippen molar-refractivity contribution in [3.8, 4) is 0 Å². The van der Waals surface area contributed by atoms with Gasteiger partial charge in [0.2, 0.25) is 0 Å². The lowest BCUT2D eigenvalue weighted by atomic mass is 10.8. The van der Waals surface area contributed by atoms with Gasteiger partial charge in [-0.15, -0.1) is 0 Å². The summed E-state index contributed by atoms with van der Waals surface area (Å²) < 4.78 is 4.77. The van der Waals surface area contributed by atoms with E-state index in [1.165, 1.54) is 0 Å². The zero-order valence-corrected chi connectivity index (χ0v) is 8.61.